The molecule has 0 unspecified atom stereocenters. The van der Waals surface area contributed by atoms with Crippen molar-refractivity contribution in [2.75, 3.05) is 11.4 Å². The number of nitrogens with zero attached hydrogens (tertiary/aromatic N) is 4. The van der Waals surface area contributed by atoms with Gasteiger partial charge in [0.25, 0.3) is 0 Å². The topological polar surface area (TPSA) is 52.8 Å². The highest BCUT2D eigenvalue weighted by Gasteiger charge is 2.33. The highest BCUT2D eigenvalue weighted by molar-refractivity contribution is 5.56. The first-order valence-electron chi connectivity index (χ1n) is 6.12. The molecule has 0 bridgehead atoms. The van der Waals surface area contributed by atoms with Gasteiger partial charge in [0, 0.05) is 18.4 Å². The molecular formula is C14H11F3N4. The number of nitriles is 1. The molecule has 0 N–H and O–H groups in total. The van der Waals surface area contributed by atoms with E-state index in [1.807, 2.05) is 6.07 Å². The van der Waals surface area contributed by atoms with E-state index in [2.05, 4.69) is 9.97 Å². The van der Waals surface area contributed by atoms with Crippen molar-refractivity contribution < 1.29 is 13.2 Å². The van der Waals surface area contributed by atoms with Crippen molar-refractivity contribution in [2.45, 2.75) is 12.6 Å². The van der Waals surface area contributed by atoms with Crippen molar-refractivity contribution in [1.29, 1.82) is 5.26 Å². The van der Waals surface area contributed by atoms with E-state index in [4.69, 9.17) is 5.26 Å². The number of aromatic nitrogens is 2. The quantitative estimate of drug-likeness (QED) is 0.864. The second-order valence-electron chi connectivity index (χ2n) is 4.13. The largest absolute Gasteiger partial charge is 0.433 e. The van der Waals surface area contributed by atoms with Gasteiger partial charge in [-0.05, 0) is 18.2 Å². The molecule has 0 atom stereocenters. The average molecular weight is 292 g/mol. The summed E-state index contributed by atoms with van der Waals surface area (Å²) in [5.41, 5.74) is -0.377. The highest BCUT2D eigenvalue weighted by atomic mass is 19.4. The van der Waals surface area contributed by atoms with Crippen molar-refractivity contribution in [3.63, 3.8) is 0 Å². The Balaban J connectivity index is 2.40. The second-order valence-corrected chi connectivity index (χ2v) is 4.13. The summed E-state index contributed by atoms with van der Waals surface area (Å²) >= 11 is 0. The van der Waals surface area contributed by atoms with E-state index in [0.717, 1.165) is 12.3 Å². The monoisotopic (exact) mass is 292 g/mol. The first kappa shape index (κ1) is 14.8. The SMILES string of the molecule is N#CCCN(c1ccccc1)c1nccc(C(F)(F)F)n1. The lowest BCUT2D eigenvalue weighted by molar-refractivity contribution is -0.141. The Morgan fingerprint density at radius 2 is 1.86 bits per heavy atom. The van der Waals surface area contributed by atoms with Gasteiger partial charge in [0.1, 0.15) is 5.69 Å². The van der Waals surface area contributed by atoms with E-state index < -0.39 is 11.9 Å². The number of rotatable bonds is 4. The van der Waals surface area contributed by atoms with Gasteiger partial charge in [0.2, 0.25) is 5.95 Å². The van der Waals surface area contributed by atoms with Crippen molar-refractivity contribution in [1.82, 2.24) is 9.97 Å². The Hall–Kier alpha value is -2.62. The fourth-order valence-corrected chi connectivity index (χ4v) is 1.75. The Labute approximate surface area is 119 Å². The predicted molar refractivity (Wildman–Crippen MR) is 70.7 cm³/mol. The molecule has 1 heterocycles. The molecule has 2 rings (SSSR count). The molecule has 0 aliphatic heterocycles. The molecule has 1 aromatic carbocycles. The van der Waals surface area contributed by atoms with Crippen LogP contribution in [0, 0.1) is 11.3 Å². The Morgan fingerprint density at radius 3 is 2.48 bits per heavy atom. The smallest absolute Gasteiger partial charge is 0.310 e. The predicted octanol–water partition coefficient (Wildman–Crippen LogP) is 3.55. The van der Waals surface area contributed by atoms with Gasteiger partial charge in [-0.15, -0.1) is 0 Å². The summed E-state index contributed by atoms with van der Waals surface area (Å²) < 4.78 is 38.2. The van der Waals surface area contributed by atoms with Crippen LogP contribution in [0.1, 0.15) is 12.1 Å². The molecule has 4 nitrogen and oxygen atoms in total. The van der Waals surface area contributed by atoms with Gasteiger partial charge in [-0.2, -0.15) is 18.4 Å². The average Bonchev–Trinajstić information content (AvgIpc) is 2.48. The van der Waals surface area contributed by atoms with Crippen LogP contribution in [0.3, 0.4) is 0 Å². The first-order chi connectivity index (χ1) is 10.0. The Morgan fingerprint density at radius 1 is 1.14 bits per heavy atom. The minimum atomic E-state index is -4.53. The zero-order chi connectivity index (χ0) is 15.3. The third-order valence-corrected chi connectivity index (χ3v) is 2.69. The minimum Gasteiger partial charge on any atom is -0.310 e. The van der Waals surface area contributed by atoms with Crippen molar-refractivity contribution >= 4 is 11.6 Å². The zero-order valence-corrected chi connectivity index (χ0v) is 10.9. The summed E-state index contributed by atoms with van der Waals surface area (Å²) in [5.74, 6) is -0.0775. The van der Waals surface area contributed by atoms with Crippen molar-refractivity contribution in [3.8, 4) is 6.07 Å². The van der Waals surface area contributed by atoms with Gasteiger partial charge in [-0.25, -0.2) is 9.97 Å². The number of hydrogen-bond acceptors (Lipinski definition) is 4. The molecule has 0 saturated carbocycles. The maximum Gasteiger partial charge on any atom is 0.433 e. The summed E-state index contributed by atoms with van der Waals surface area (Å²) in [6.07, 6.45) is -3.32. The van der Waals surface area contributed by atoms with Crippen LogP contribution >= 0.6 is 0 Å². The lowest BCUT2D eigenvalue weighted by Gasteiger charge is -2.22. The lowest BCUT2D eigenvalue weighted by Crippen LogP contribution is -2.22. The molecule has 2 aromatic rings. The third kappa shape index (κ3) is 3.69. The molecule has 0 amide bonds. The standard InChI is InChI=1S/C14H11F3N4/c15-14(16,17)12-7-9-19-13(20-12)21(10-4-8-18)11-5-2-1-3-6-11/h1-3,5-7,9H,4,10H2. The van der Waals surface area contributed by atoms with Gasteiger partial charge in [-0.1, -0.05) is 18.2 Å². The molecule has 108 valence electrons. The zero-order valence-electron chi connectivity index (χ0n) is 10.9. The molecule has 0 saturated heterocycles. The van der Waals surface area contributed by atoms with E-state index in [-0.39, 0.29) is 18.9 Å². The maximum atomic E-state index is 12.7. The number of anilines is 2. The number of para-hydroxylation sites is 1. The third-order valence-electron chi connectivity index (χ3n) is 2.69. The molecule has 7 heteroatoms. The van der Waals surface area contributed by atoms with Crippen LogP contribution in [0.5, 0.6) is 0 Å². The molecule has 0 radical (unpaired) electrons. The summed E-state index contributed by atoms with van der Waals surface area (Å²) in [4.78, 5) is 8.93. The van der Waals surface area contributed by atoms with E-state index in [1.54, 1.807) is 30.3 Å². The van der Waals surface area contributed by atoms with Crippen LogP contribution in [0.4, 0.5) is 24.8 Å². The molecule has 1 aromatic heterocycles. The fraction of sp³-hybridized carbons (Fsp3) is 0.214. The van der Waals surface area contributed by atoms with Crippen LogP contribution in [0.15, 0.2) is 42.6 Å². The summed E-state index contributed by atoms with van der Waals surface area (Å²) in [5, 5.41) is 8.70. The van der Waals surface area contributed by atoms with Gasteiger partial charge >= 0.3 is 6.18 Å². The van der Waals surface area contributed by atoms with E-state index in [9.17, 15) is 13.2 Å². The number of hydrogen-bond donors (Lipinski definition) is 0. The summed E-state index contributed by atoms with van der Waals surface area (Å²) in [6.45, 7) is 0.210. The number of halogens is 3. The second kappa shape index (κ2) is 6.22. The molecule has 0 aliphatic rings. The Kier molecular flexibility index (Phi) is 4.38. The molecule has 0 aliphatic carbocycles. The minimum absolute atomic E-state index is 0.0775. The van der Waals surface area contributed by atoms with Gasteiger partial charge in [0.05, 0.1) is 12.5 Å². The summed E-state index contributed by atoms with van der Waals surface area (Å²) in [6, 6.07) is 11.5. The molecule has 0 spiro atoms. The van der Waals surface area contributed by atoms with Crippen LogP contribution in [0.2, 0.25) is 0 Å². The molecule has 21 heavy (non-hydrogen) atoms. The number of alkyl halides is 3. The Bertz CT molecular complexity index is 635. The lowest BCUT2D eigenvalue weighted by atomic mass is 10.3. The van der Waals surface area contributed by atoms with Crippen LogP contribution in [0.25, 0.3) is 0 Å². The van der Waals surface area contributed by atoms with Crippen molar-refractivity contribution in [3.05, 3.63) is 48.3 Å². The van der Waals surface area contributed by atoms with Crippen LogP contribution in [-0.4, -0.2) is 16.5 Å². The van der Waals surface area contributed by atoms with Crippen LogP contribution in [-0.2, 0) is 6.18 Å². The van der Waals surface area contributed by atoms with Gasteiger partial charge in [0.15, 0.2) is 0 Å². The number of benzene rings is 1. The van der Waals surface area contributed by atoms with E-state index in [0.29, 0.717) is 5.69 Å². The fourth-order valence-electron chi connectivity index (χ4n) is 1.75. The van der Waals surface area contributed by atoms with Gasteiger partial charge in [-0.3, -0.25) is 0 Å². The summed E-state index contributed by atoms with van der Waals surface area (Å²) in [7, 11) is 0. The molecular weight excluding hydrogens is 281 g/mol. The van der Waals surface area contributed by atoms with Gasteiger partial charge < -0.3 is 4.90 Å². The first-order valence-corrected chi connectivity index (χ1v) is 6.12. The maximum absolute atomic E-state index is 12.7. The normalized spacial score (nSPS) is 11.0. The molecule has 0 fully saturated rings. The highest BCUT2D eigenvalue weighted by Crippen LogP contribution is 2.29. The van der Waals surface area contributed by atoms with E-state index >= 15 is 0 Å². The van der Waals surface area contributed by atoms with E-state index in [1.165, 1.54) is 4.90 Å². The van der Waals surface area contributed by atoms with Crippen LogP contribution < -0.4 is 4.90 Å². The van der Waals surface area contributed by atoms with Crippen molar-refractivity contribution in [2.24, 2.45) is 0 Å².